The Bertz CT molecular complexity index is 1670. The number of methoxy groups -OCH3 is 1. The number of anilines is 1. The summed E-state index contributed by atoms with van der Waals surface area (Å²) < 4.78 is 55.4. The van der Waals surface area contributed by atoms with E-state index in [1.165, 1.54) is 19.2 Å². The average Bonchev–Trinajstić information content (AvgIpc) is 3.12. The summed E-state index contributed by atoms with van der Waals surface area (Å²) in [6, 6.07) is 18.1. The van der Waals surface area contributed by atoms with E-state index >= 15 is 4.39 Å². The van der Waals surface area contributed by atoms with Crippen LogP contribution in [-0.2, 0) is 30.7 Å². The maximum Gasteiger partial charge on any atom is 0.407 e. The van der Waals surface area contributed by atoms with Crippen molar-refractivity contribution in [2.24, 2.45) is 5.92 Å². The first-order valence-corrected chi connectivity index (χ1v) is 18.5. The second kappa shape index (κ2) is 16.9. The molecule has 2 heterocycles. The molecule has 49 heavy (non-hydrogen) atoms. The quantitative estimate of drug-likeness (QED) is 0.219. The van der Waals surface area contributed by atoms with Crippen molar-refractivity contribution >= 4 is 39.3 Å². The zero-order valence-corrected chi connectivity index (χ0v) is 29.3. The van der Waals surface area contributed by atoms with Gasteiger partial charge in [-0.3, -0.25) is 4.79 Å². The van der Waals surface area contributed by atoms with E-state index in [0.29, 0.717) is 57.0 Å². The highest BCUT2D eigenvalue weighted by Gasteiger charge is 2.40. The monoisotopic (exact) mass is 714 g/mol. The minimum absolute atomic E-state index is 0.0160. The number of rotatable bonds is 12. The highest BCUT2D eigenvalue weighted by molar-refractivity contribution is 7.89. The smallest absolute Gasteiger partial charge is 0.407 e. The first-order valence-electron chi connectivity index (χ1n) is 16.7. The number of sulfonamides is 1. The largest absolute Gasteiger partial charge is 0.453 e. The molecule has 13 heteroatoms. The van der Waals surface area contributed by atoms with Gasteiger partial charge in [0.2, 0.25) is 15.9 Å². The van der Waals surface area contributed by atoms with Crippen molar-refractivity contribution in [1.29, 1.82) is 0 Å². The molecule has 0 aromatic heterocycles. The van der Waals surface area contributed by atoms with Crippen LogP contribution >= 0.6 is 11.6 Å². The molecule has 0 unspecified atom stereocenters. The molecule has 2 aliphatic rings. The molecule has 0 saturated carbocycles. The number of halogens is 2. The first kappa shape index (κ1) is 36.7. The first-order chi connectivity index (χ1) is 23.6. The third-order valence-electron chi connectivity index (χ3n) is 9.50. The van der Waals surface area contributed by atoms with Crippen LogP contribution in [0.25, 0.3) is 0 Å². The summed E-state index contributed by atoms with van der Waals surface area (Å²) in [7, 11) is -2.60. The van der Waals surface area contributed by atoms with E-state index in [9.17, 15) is 18.0 Å². The Morgan fingerprint density at radius 3 is 2.39 bits per heavy atom. The van der Waals surface area contributed by atoms with Crippen molar-refractivity contribution in [3.05, 3.63) is 94.8 Å². The van der Waals surface area contributed by atoms with Gasteiger partial charge in [-0.15, -0.1) is 0 Å². The van der Waals surface area contributed by atoms with Gasteiger partial charge < -0.3 is 25.4 Å². The molecule has 3 aromatic rings. The van der Waals surface area contributed by atoms with E-state index in [0.717, 1.165) is 5.56 Å². The topological polar surface area (TPSA) is 126 Å². The zero-order valence-electron chi connectivity index (χ0n) is 27.7. The summed E-state index contributed by atoms with van der Waals surface area (Å²) in [4.78, 5) is 27.1. The number of hydrogen-bond donors (Lipinski definition) is 3. The molecule has 0 bridgehead atoms. The standard InChI is InChI=1S/C36H44ClFN4O6S/c1-3-27-22-39-23-28(42(27)49(45,46)29-8-5-4-6-9-29)16-17-30-31(38)10-7-11-32(30)40-35(43)34(41-36(44)47-2)33(25-18-20-48-21-19-25)24-12-14-26(37)15-13-24/h4-15,25,27-28,33-34,39H,3,16-23H2,1-2H3,(H,40,43)(H,41,44)/t27-,28-,33-,34-/m0/s1. The summed E-state index contributed by atoms with van der Waals surface area (Å²) in [5.41, 5.74) is 1.30. The maximum absolute atomic E-state index is 15.6. The molecule has 2 amide bonds. The summed E-state index contributed by atoms with van der Waals surface area (Å²) in [6.07, 6.45) is 1.62. The summed E-state index contributed by atoms with van der Waals surface area (Å²) in [6.45, 7) is 3.89. The van der Waals surface area contributed by atoms with Gasteiger partial charge in [-0.1, -0.05) is 54.9 Å². The average molecular weight is 715 g/mol. The van der Waals surface area contributed by atoms with E-state index in [4.69, 9.17) is 21.1 Å². The Morgan fingerprint density at radius 1 is 1.02 bits per heavy atom. The number of amides is 2. The number of carbonyl (C=O) groups excluding carboxylic acids is 2. The molecule has 10 nitrogen and oxygen atoms in total. The number of nitrogens with zero attached hydrogens (tertiary/aromatic N) is 1. The molecule has 0 aliphatic carbocycles. The van der Waals surface area contributed by atoms with Gasteiger partial charge in [0, 0.05) is 60.6 Å². The Hall–Kier alpha value is -3.55. The molecular formula is C36H44ClFN4O6S. The van der Waals surface area contributed by atoms with E-state index in [2.05, 4.69) is 16.0 Å². The van der Waals surface area contributed by atoms with Gasteiger partial charge in [0.05, 0.1) is 12.0 Å². The van der Waals surface area contributed by atoms with Gasteiger partial charge >= 0.3 is 6.09 Å². The van der Waals surface area contributed by atoms with Gasteiger partial charge in [-0.2, -0.15) is 4.31 Å². The van der Waals surface area contributed by atoms with Crippen LogP contribution in [0, 0.1) is 11.7 Å². The second-order valence-corrected chi connectivity index (χ2v) is 14.7. The van der Waals surface area contributed by atoms with E-state index in [-0.39, 0.29) is 34.5 Å². The lowest BCUT2D eigenvalue weighted by Crippen LogP contribution is -2.59. The molecule has 0 spiro atoms. The number of benzene rings is 3. The minimum atomic E-state index is -3.83. The molecule has 3 aromatic carbocycles. The van der Waals surface area contributed by atoms with E-state index in [1.807, 2.05) is 19.1 Å². The second-order valence-electron chi connectivity index (χ2n) is 12.5. The van der Waals surface area contributed by atoms with Crippen LogP contribution in [0.1, 0.15) is 49.7 Å². The number of hydrogen-bond acceptors (Lipinski definition) is 7. The fourth-order valence-corrected chi connectivity index (χ4v) is 9.07. The molecule has 3 N–H and O–H groups in total. The normalized spacial score (nSPS) is 20.2. The van der Waals surface area contributed by atoms with Gasteiger partial charge in [-0.25, -0.2) is 17.6 Å². The van der Waals surface area contributed by atoms with Crippen molar-refractivity contribution in [3.63, 3.8) is 0 Å². The molecular weight excluding hydrogens is 671 g/mol. The van der Waals surface area contributed by atoms with Crippen LogP contribution in [0.15, 0.2) is 77.7 Å². The summed E-state index contributed by atoms with van der Waals surface area (Å²) in [5, 5.41) is 9.53. The van der Waals surface area contributed by atoms with Crippen LogP contribution in [0.5, 0.6) is 0 Å². The maximum atomic E-state index is 15.6. The highest BCUT2D eigenvalue weighted by atomic mass is 35.5. The van der Waals surface area contributed by atoms with Crippen molar-refractivity contribution in [2.75, 3.05) is 38.7 Å². The van der Waals surface area contributed by atoms with E-state index < -0.39 is 45.8 Å². The molecule has 5 rings (SSSR count). The number of alkyl carbamates (subject to hydrolysis) is 1. The number of piperazine rings is 1. The van der Waals surface area contributed by atoms with Gasteiger partial charge in [0.15, 0.2) is 0 Å². The highest BCUT2D eigenvalue weighted by Crippen LogP contribution is 2.37. The van der Waals surface area contributed by atoms with Gasteiger partial charge in [0.25, 0.3) is 0 Å². The van der Waals surface area contributed by atoms with Crippen LogP contribution < -0.4 is 16.0 Å². The summed E-state index contributed by atoms with van der Waals surface area (Å²) in [5.74, 6) is -1.55. The molecule has 2 aliphatic heterocycles. The Labute approximate surface area is 292 Å². The van der Waals surface area contributed by atoms with Crippen molar-refractivity contribution in [1.82, 2.24) is 14.9 Å². The van der Waals surface area contributed by atoms with Crippen LogP contribution in [0.4, 0.5) is 14.9 Å². The lowest BCUT2D eigenvalue weighted by molar-refractivity contribution is -0.119. The number of nitrogens with one attached hydrogen (secondary N) is 3. The zero-order chi connectivity index (χ0) is 35.0. The van der Waals surface area contributed by atoms with Crippen LogP contribution in [-0.4, -0.2) is 76.3 Å². The van der Waals surface area contributed by atoms with Crippen molar-refractivity contribution in [3.8, 4) is 0 Å². The summed E-state index contributed by atoms with van der Waals surface area (Å²) >= 11 is 6.19. The molecule has 4 atom stereocenters. The molecule has 0 radical (unpaired) electrons. The fraction of sp³-hybridized carbons (Fsp3) is 0.444. The SMILES string of the molecule is CC[C@H]1CNC[C@H](CCc2c(F)cccc2NC(=O)[C@@H](NC(=O)OC)[C@@H](c2ccc(Cl)cc2)C2CCOCC2)N1S(=O)(=O)c1ccccc1. The fourth-order valence-electron chi connectivity index (χ4n) is 7.01. The Morgan fingerprint density at radius 2 is 1.71 bits per heavy atom. The number of carbonyl (C=O) groups is 2. The number of ether oxygens (including phenoxy) is 2. The Balaban J connectivity index is 1.43. The van der Waals surface area contributed by atoms with Crippen molar-refractivity contribution in [2.45, 2.75) is 68.0 Å². The lowest BCUT2D eigenvalue weighted by atomic mass is 9.76. The Kier molecular flexibility index (Phi) is 12.7. The van der Waals surface area contributed by atoms with Crippen LogP contribution in [0.3, 0.4) is 0 Å². The van der Waals surface area contributed by atoms with Crippen molar-refractivity contribution < 1.29 is 31.9 Å². The predicted octanol–water partition coefficient (Wildman–Crippen LogP) is 5.73. The third-order valence-corrected chi connectivity index (χ3v) is 11.8. The minimum Gasteiger partial charge on any atom is -0.453 e. The molecule has 2 fully saturated rings. The molecule has 2 saturated heterocycles. The van der Waals surface area contributed by atoms with Gasteiger partial charge in [0.1, 0.15) is 11.9 Å². The van der Waals surface area contributed by atoms with E-state index in [1.54, 1.807) is 52.8 Å². The predicted molar refractivity (Wildman–Crippen MR) is 187 cm³/mol. The lowest BCUT2D eigenvalue weighted by Gasteiger charge is -2.41. The molecule has 264 valence electrons. The van der Waals surface area contributed by atoms with Crippen LogP contribution in [0.2, 0.25) is 5.02 Å². The van der Waals surface area contributed by atoms with Gasteiger partial charge in [-0.05, 0) is 80.0 Å². The third kappa shape index (κ3) is 8.79.